The van der Waals surface area contributed by atoms with Gasteiger partial charge in [0.05, 0.1) is 29.1 Å². The van der Waals surface area contributed by atoms with Gasteiger partial charge in [0.1, 0.15) is 11.6 Å². The maximum Gasteiger partial charge on any atom is 0.261 e. The van der Waals surface area contributed by atoms with Crippen LogP contribution in [0, 0.1) is 0 Å². The van der Waals surface area contributed by atoms with Crippen LogP contribution in [0.5, 0.6) is 5.75 Å². The van der Waals surface area contributed by atoms with Gasteiger partial charge in [-0.3, -0.25) is 23.9 Å². The number of para-hydroxylation sites is 1. The zero-order valence-corrected chi connectivity index (χ0v) is 18.7. The van der Waals surface area contributed by atoms with Gasteiger partial charge in [-0.2, -0.15) is 0 Å². The van der Waals surface area contributed by atoms with Crippen LogP contribution in [-0.4, -0.2) is 39.9 Å². The van der Waals surface area contributed by atoms with Crippen LogP contribution in [0.4, 0.5) is 0 Å². The average molecular weight is 453 g/mol. The quantitative estimate of drug-likeness (QED) is 0.400. The van der Waals surface area contributed by atoms with E-state index in [9.17, 15) is 14.4 Å². The number of benzene rings is 3. The second-order valence-electron chi connectivity index (χ2n) is 8.16. The van der Waals surface area contributed by atoms with E-state index in [0.717, 1.165) is 11.3 Å². The van der Waals surface area contributed by atoms with Crippen LogP contribution >= 0.6 is 0 Å². The highest BCUT2D eigenvalue weighted by Crippen LogP contribution is 2.22. The summed E-state index contributed by atoms with van der Waals surface area (Å²) in [6.45, 7) is 0.583. The highest BCUT2D eigenvalue weighted by atomic mass is 16.5. The minimum atomic E-state index is -0.312. The number of fused-ring (bicyclic) bond motifs is 2. The van der Waals surface area contributed by atoms with Crippen LogP contribution in [0.3, 0.4) is 0 Å². The van der Waals surface area contributed by atoms with Crippen LogP contribution in [0.2, 0.25) is 0 Å². The second kappa shape index (κ2) is 8.94. The molecule has 0 atom stereocenters. The number of amides is 2. The topological polar surface area (TPSA) is 81.5 Å². The molecule has 1 aliphatic rings. The van der Waals surface area contributed by atoms with Gasteiger partial charge in [0.25, 0.3) is 17.4 Å². The van der Waals surface area contributed by atoms with Crippen LogP contribution in [0.1, 0.15) is 32.1 Å². The number of aromatic nitrogens is 2. The molecule has 0 bridgehead atoms. The van der Waals surface area contributed by atoms with Crippen LogP contribution < -0.4 is 10.3 Å². The summed E-state index contributed by atoms with van der Waals surface area (Å²) < 4.78 is 6.87. The highest BCUT2D eigenvalue weighted by Gasteiger charge is 2.34. The van der Waals surface area contributed by atoms with E-state index >= 15 is 0 Å². The number of carbonyl (C=O) groups is 2. The summed E-state index contributed by atoms with van der Waals surface area (Å²) >= 11 is 0. The molecule has 3 aromatic carbocycles. The maximum absolute atomic E-state index is 13.3. The molecule has 0 unspecified atom stereocenters. The molecule has 0 saturated heterocycles. The molecule has 1 aliphatic heterocycles. The molecule has 0 saturated carbocycles. The van der Waals surface area contributed by atoms with Crippen LogP contribution in [0.25, 0.3) is 10.9 Å². The van der Waals surface area contributed by atoms with Crippen molar-refractivity contribution in [1.82, 2.24) is 14.5 Å². The van der Waals surface area contributed by atoms with E-state index in [1.165, 1.54) is 4.90 Å². The molecule has 2 amide bonds. The van der Waals surface area contributed by atoms with E-state index in [1.807, 2.05) is 36.4 Å². The van der Waals surface area contributed by atoms with Crippen molar-refractivity contribution in [2.24, 2.45) is 0 Å². The number of methoxy groups -OCH3 is 1. The number of nitrogens with zero attached hydrogens (tertiary/aromatic N) is 3. The minimum absolute atomic E-state index is 0.128. The minimum Gasteiger partial charge on any atom is -0.497 e. The summed E-state index contributed by atoms with van der Waals surface area (Å²) in [5.74, 6) is 0.700. The molecule has 7 nitrogen and oxygen atoms in total. The number of hydrogen-bond acceptors (Lipinski definition) is 5. The van der Waals surface area contributed by atoms with Gasteiger partial charge in [-0.05, 0) is 48.4 Å². The monoisotopic (exact) mass is 453 g/mol. The third-order valence-corrected chi connectivity index (χ3v) is 6.16. The second-order valence-corrected chi connectivity index (χ2v) is 8.16. The van der Waals surface area contributed by atoms with Crippen molar-refractivity contribution in [3.05, 3.63) is 106 Å². The molecule has 0 spiro atoms. The number of hydrogen-bond donors (Lipinski definition) is 0. The maximum atomic E-state index is 13.3. The normalized spacial score (nSPS) is 12.9. The van der Waals surface area contributed by atoms with Gasteiger partial charge < -0.3 is 4.74 Å². The van der Waals surface area contributed by atoms with Gasteiger partial charge in [0.15, 0.2) is 0 Å². The SMILES string of the molecule is COc1ccc(CCn2c(CCN3C(=O)c4ccccc4C3=O)nc3ccccc3c2=O)cc1. The Hall–Kier alpha value is -4.26. The van der Waals surface area contributed by atoms with Gasteiger partial charge in [-0.1, -0.05) is 36.4 Å². The fourth-order valence-electron chi connectivity index (χ4n) is 4.32. The van der Waals surface area contributed by atoms with Crippen molar-refractivity contribution >= 4 is 22.7 Å². The Morgan fingerprint density at radius 1 is 0.765 bits per heavy atom. The van der Waals surface area contributed by atoms with Gasteiger partial charge >= 0.3 is 0 Å². The lowest BCUT2D eigenvalue weighted by Gasteiger charge is -2.17. The van der Waals surface area contributed by atoms with Crippen molar-refractivity contribution in [3.8, 4) is 5.75 Å². The predicted octanol–water partition coefficient (Wildman–Crippen LogP) is 3.49. The number of aryl methyl sites for hydroxylation is 1. The fraction of sp³-hybridized carbons (Fsp3) is 0.185. The number of carbonyl (C=O) groups excluding carboxylic acids is 2. The third kappa shape index (κ3) is 3.85. The summed E-state index contributed by atoms with van der Waals surface area (Å²) in [6, 6.07) is 21.8. The number of imide groups is 1. The van der Waals surface area contributed by atoms with Gasteiger partial charge in [0, 0.05) is 19.5 Å². The Labute approximate surface area is 196 Å². The molecule has 4 aromatic rings. The first kappa shape index (κ1) is 21.6. The Balaban J connectivity index is 1.43. The van der Waals surface area contributed by atoms with Crippen molar-refractivity contribution in [2.45, 2.75) is 19.4 Å². The van der Waals surface area contributed by atoms with E-state index in [1.54, 1.807) is 48.1 Å². The Morgan fingerprint density at radius 2 is 1.41 bits per heavy atom. The van der Waals surface area contributed by atoms with Crippen LogP contribution in [0.15, 0.2) is 77.6 Å². The lowest BCUT2D eigenvalue weighted by atomic mass is 10.1. The molecule has 0 fully saturated rings. The Morgan fingerprint density at radius 3 is 2.09 bits per heavy atom. The lowest BCUT2D eigenvalue weighted by molar-refractivity contribution is 0.0655. The van der Waals surface area contributed by atoms with E-state index in [4.69, 9.17) is 9.72 Å². The first-order chi connectivity index (χ1) is 16.6. The smallest absolute Gasteiger partial charge is 0.261 e. The molecule has 7 heteroatoms. The van der Waals surface area contributed by atoms with Gasteiger partial charge in [-0.25, -0.2) is 4.98 Å². The first-order valence-electron chi connectivity index (χ1n) is 11.1. The van der Waals surface area contributed by atoms with E-state index in [2.05, 4.69) is 0 Å². The summed E-state index contributed by atoms with van der Waals surface area (Å²) in [5, 5.41) is 0.543. The molecule has 1 aromatic heterocycles. The molecule has 0 aliphatic carbocycles. The summed E-state index contributed by atoms with van der Waals surface area (Å²) in [6.07, 6.45) is 0.915. The zero-order chi connectivity index (χ0) is 23.7. The van der Waals surface area contributed by atoms with Crippen LogP contribution in [-0.2, 0) is 19.4 Å². The molecule has 0 N–H and O–H groups in total. The summed E-state index contributed by atoms with van der Waals surface area (Å²) in [7, 11) is 1.62. The van der Waals surface area contributed by atoms with E-state index < -0.39 is 0 Å². The zero-order valence-electron chi connectivity index (χ0n) is 18.7. The van der Waals surface area contributed by atoms with Crippen molar-refractivity contribution < 1.29 is 14.3 Å². The van der Waals surface area contributed by atoms with Gasteiger partial charge in [-0.15, -0.1) is 0 Å². The molecular weight excluding hydrogens is 430 g/mol. The highest BCUT2D eigenvalue weighted by molar-refractivity contribution is 6.21. The molecule has 34 heavy (non-hydrogen) atoms. The van der Waals surface area contributed by atoms with E-state index in [-0.39, 0.29) is 30.3 Å². The van der Waals surface area contributed by atoms with Crippen molar-refractivity contribution in [3.63, 3.8) is 0 Å². The van der Waals surface area contributed by atoms with Gasteiger partial charge in [0.2, 0.25) is 0 Å². The van der Waals surface area contributed by atoms with Crippen molar-refractivity contribution in [2.75, 3.05) is 13.7 Å². The molecule has 0 radical (unpaired) electrons. The number of ether oxygens (including phenoxy) is 1. The molecule has 170 valence electrons. The third-order valence-electron chi connectivity index (χ3n) is 6.16. The molecular formula is C27H23N3O4. The van der Waals surface area contributed by atoms with Crippen molar-refractivity contribution in [1.29, 1.82) is 0 Å². The lowest BCUT2D eigenvalue weighted by Crippen LogP contribution is -2.34. The fourth-order valence-corrected chi connectivity index (χ4v) is 4.32. The molecule has 5 rings (SSSR count). The average Bonchev–Trinajstić information content (AvgIpc) is 3.12. The predicted molar refractivity (Wildman–Crippen MR) is 128 cm³/mol. The summed E-state index contributed by atoms with van der Waals surface area (Å²) in [5.41, 5.74) is 2.36. The largest absolute Gasteiger partial charge is 0.497 e. The Bertz CT molecular complexity index is 1420. The Kier molecular flexibility index (Phi) is 5.67. The number of rotatable bonds is 7. The molecule has 2 heterocycles. The van der Waals surface area contributed by atoms with E-state index in [0.29, 0.717) is 40.8 Å². The first-order valence-corrected chi connectivity index (χ1v) is 11.1. The standard InChI is InChI=1S/C27H23N3O4/c1-34-19-12-10-18(11-13-19)14-16-29-24(28-23-9-5-4-8-22(23)27(29)33)15-17-30-25(31)20-6-2-3-7-21(20)26(30)32/h2-13H,14-17H2,1H3. The summed E-state index contributed by atoms with van der Waals surface area (Å²) in [4.78, 5) is 44.8.